The van der Waals surface area contributed by atoms with Gasteiger partial charge in [-0.15, -0.1) is 0 Å². The molecule has 0 aliphatic rings. The Morgan fingerprint density at radius 1 is 0.912 bits per heavy atom. The Bertz CT molecular complexity index is 985. The third-order valence-electron chi connectivity index (χ3n) is 4.81. The Labute approximate surface area is 241 Å². The van der Waals surface area contributed by atoms with Crippen molar-refractivity contribution < 1.29 is 104 Å². The van der Waals surface area contributed by atoms with E-state index in [-0.39, 0.29) is 89.0 Å². The third-order valence-corrected chi connectivity index (χ3v) is 4.81. The van der Waals surface area contributed by atoms with E-state index in [0.717, 1.165) is 30.5 Å². The van der Waals surface area contributed by atoms with E-state index < -0.39 is 48.2 Å². The fraction of sp³-hybridized carbons (Fsp3) is 0.348. The number of carboxylic acids is 2. The molecule has 1 atom stereocenters. The summed E-state index contributed by atoms with van der Waals surface area (Å²) in [6, 6.07) is 7.05. The van der Waals surface area contributed by atoms with Crippen molar-refractivity contribution in [2.75, 3.05) is 0 Å². The Morgan fingerprint density at radius 3 is 2.03 bits per heavy atom. The molecule has 34 heavy (non-hydrogen) atoms. The molecule has 0 amide bonds. The Hall–Kier alpha value is -1.75. The van der Waals surface area contributed by atoms with Gasteiger partial charge in [0.15, 0.2) is 5.78 Å². The summed E-state index contributed by atoms with van der Waals surface area (Å²) in [5.41, 5.74) is 1.16. The van der Waals surface area contributed by atoms with Crippen LogP contribution in [0.2, 0.25) is 0 Å². The first-order chi connectivity index (χ1) is 15.1. The van der Waals surface area contributed by atoms with Crippen LogP contribution in [0.4, 0.5) is 0 Å². The SMILES string of the molecule is CCCc1ccc(CCC(=O)c2c(O)cc(OC(CCC(=O)[O-])C(=O)[O-])cc2O)cc1O.[Na+].[Na+]. The molecule has 0 bridgehead atoms. The molecule has 9 nitrogen and oxygen atoms in total. The van der Waals surface area contributed by atoms with Crippen molar-refractivity contribution in [1.82, 2.24) is 0 Å². The summed E-state index contributed by atoms with van der Waals surface area (Å²) in [4.78, 5) is 34.2. The minimum atomic E-state index is -1.68. The average molecular weight is 490 g/mol. The van der Waals surface area contributed by atoms with E-state index in [1.807, 2.05) is 6.92 Å². The second kappa shape index (κ2) is 15.3. The summed E-state index contributed by atoms with van der Waals surface area (Å²) in [7, 11) is 0. The zero-order chi connectivity index (χ0) is 23.8. The first-order valence-corrected chi connectivity index (χ1v) is 10.1. The van der Waals surface area contributed by atoms with Crippen LogP contribution in [-0.4, -0.2) is 39.1 Å². The van der Waals surface area contributed by atoms with Gasteiger partial charge in [0.25, 0.3) is 0 Å². The van der Waals surface area contributed by atoms with E-state index in [9.17, 15) is 39.9 Å². The molecule has 0 heterocycles. The maximum atomic E-state index is 12.5. The summed E-state index contributed by atoms with van der Waals surface area (Å²) < 4.78 is 5.08. The quantitative estimate of drug-likeness (QED) is 0.194. The number of phenolic OH excluding ortho intramolecular Hbond substituents is 3. The molecule has 0 fully saturated rings. The monoisotopic (exact) mass is 490 g/mol. The van der Waals surface area contributed by atoms with Gasteiger partial charge >= 0.3 is 59.1 Å². The van der Waals surface area contributed by atoms with Crippen molar-refractivity contribution in [3.63, 3.8) is 0 Å². The zero-order valence-corrected chi connectivity index (χ0v) is 23.5. The molecule has 2 aromatic carbocycles. The number of benzene rings is 2. The number of rotatable bonds is 12. The number of aromatic hydroxyl groups is 3. The number of ketones is 1. The minimum absolute atomic E-state index is 0. The van der Waals surface area contributed by atoms with E-state index in [0.29, 0.717) is 5.56 Å². The van der Waals surface area contributed by atoms with Gasteiger partial charge in [-0.05, 0) is 42.9 Å². The van der Waals surface area contributed by atoms with Crippen LogP contribution in [0, 0.1) is 0 Å². The number of carboxylic acid groups (broad SMARTS) is 2. The normalized spacial score (nSPS) is 11.0. The molecular weight excluding hydrogens is 466 g/mol. The van der Waals surface area contributed by atoms with Gasteiger partial charge in [-0.25, -0.2) is 0 Å². The van der Waals surface area contributed by atoms with Gasteiger partial charge in [-0.1, -0.05) is 25.5 Å². The third kappa shape index (κ3) is 9.48. The van der Waals surface area contributed by atoms with Crippen LogP contribution in [0.15, 0.2) is 30.3 Å². The summed E-state index contributed by atoms with van der Waals surface area (Å²) >= 11 is 0. The standard InChI is InChI=1S/C23H26O9.2Na/c1-2-3-14-6-4-13(10-17(14)25)5-7-16(24)22-18(26)11-15(12-19(22)27)32-20(23(30)31)8-9-21(28)29;;/h4,6,10-12,20,25-27H,2-3,5,7-9H2,1H3,(H,28,29)(H,30,31);;/q;2*+1/p-2. The van der Waals surface area contributed by atoms with Crippen molar-refractivity contribution in [2.45, 2.75) is 51.6 Å². The number of Topliss-reactive ketones (excluding diaryl/α,β-unsaturated/α-hetero) is 1. The largest absolute Gasteiger partial charge is 1.00 e. The van der Waals surface area contributed by atoms with Crippen molar-refractivity contribution in [2.24, 2.45) is 0 Å². The van der Waals surface area contributed by atoms with Gasteiger partial charge in [0.2, 0.25) is 0 Å². The Kier molecular flexibility index (Phi) is 14.5. The van der Waals surface area contributed by atoms with Crippen LogP contribution in [-0.2, 0) is 22.4 Å². The molecule has 1 unspecified atom stereocenters. The van der Waals surface area contributed by atoms with Crippen LogP contribution >= 0.6 is 0 Å². The van der Waals surface area contributed by atoms with Gasteiger partial charge in [0.1, 0.15) is 34.7 Å². The number of hydrogen-bond acceptors (Lipinski definition) is 9. The van der Waals surface area contributed by atoms with Crippen molar-refractivity contribution >= 4 is 17.7 Å². The Balaban J connectivity index is 0.00000544. The van der Waals surface area contributed by atoms with E-state index in [1.165, 1.54) is 0 Å². The van der Waals surface area contributed by atoms with E-state index in [2.05, 4.69) is 0 Å². The number of hydrogen-bond donors (Lipinski definition) is 3. The van der Waals surface area contributed by atoms with Crippen LogP contribution in [0.25, 0.3) is 0 Å². The molecule has 0 aliphatic heterocycles. The second-order valence-corrected chi connectivity index (χ2v) is 7.31. The van der Waals surface area contributed by atoms with Gasteiger partial charge < -0.3 is 39.9 Å². The van der Waals surface area contributed by atoms with Crippen LogP contribution < -0.4 is 74.1 Å². The maximum absolute atomic E-state index is 12.5. The first kappa shape index (κ1) is 32.2. The fourth-order valence-corrected chi connectivity index (χ4v) is 3.21. The molecule has 0 radical (unpaired) electrons. The Morgan fingerprint density at radius 2 is 1.53 bits per heavy atom. The maximum Gasteiger partial charge on any atom is 1.00 e. The number of carbonyl (C=O) groups excluding carboxylic acids is 3. The molecule has 2 rings (SSSR count). The van der Waals surface area contributed by atoms with Crippen LogP contribution in [0.1, 0.15) is 54.1 Å². The molecule has 3 N–H and O–H groups in total. The topological polar surface area (TPSA) is 167 Å². The number of carbonyl (C=O) groups is 3. The number of aryl methyl sites for hydroxylation is 2. The van der Waals surface area contributed by atoms with Crippen molar-refractivity contribution in [3.05, 3.63) is 47.0 Å². The summed E-state index contributed by atoms with van der Waals surface area (Å²) in [5.74, 6) is -5.10. The predicted octanol–water partition coefficient (Wildman–Crippen LogP) is -5.39. The molecular formula is C23H24Na2O9. The molecule has 0 spiro atoms. The molecule has 0 saturated carbocycles. The molecule has 11 heteroatoms. The van der Waals surface area contributed by atoms with E-state index in [1.54, 1.807) is 18.2 Å². The molecule has 172 valence electrons. The summed E-state index contributed by atoms with van der Waals surface area (Å²) in [6.45, 7) is 1.99. The number of phenols is 3. The number of ether oxygens (including phenoxy) is 1. The fourth-order valence-electron chi connectivity index (χ4n) is 3.21. The first-order valence-electron chi connectivity index (χ1n) is 10.1. The van der Waals surface area contributed by atoms with Crippen molar-refractivity contribution in [1.29, 1.82) is 0 Å². The summed E-state index contributed by atoms with van der Waals surface area (Å²) in [6.07, 6.45) is -0.903. The van der Waals surface area contributed by atoms with Gasteiger partial charge in [-0.2, -0.15) is 0 Å². The van der Waals surface area contributed by atoms with E-state index >= 15 is 0 Å². The summed E-state index contributed by atoms with van der Waals surface area (Å²) in [5, 5.41) is 52.0. The molecule has 2 aromatic rings. The van der Waals surface area contributed by atoms with Crippen LogP contribution in [0.3, 0.4) is 0 Å². The average Bonchev–Trinajstić information content (AvgIpc) is 2.70. The minimum Gasteiger partial charge on any atom is -0.550 e. The van der Waals surface area contributed by atoms with Gasteiger partial charge in [0, 0.05) is 24.5 Å². The van der Waals surface area contributed by atoms with Gasteiger partial charge in [-0.3, -0.25) is 4.79 Å². The molecule has 0 aromatic heterocycles. The van der Waals surface area contributed by atoms with Gasteiger partial charge in [0.05, 0.1) is 5.97 Å². The molecule has 0 aliphatic carbocycles. The molecule has 0 saturated heterocycles. The zero-order valence-electron chi connectivity index (χ0n) is 19.5. The van der Waals surface area contributed by atoms with Crippen molar-refractivity contribution in [3.8, 4) is 23.0 Å². The van der Waals surface area contributed by atoms with Crippen LogP contribution in [0.5, 0.6) is 23.0 Å². The number of aliphatic carboxylic acids is 2. The smallest absolute Gasteiger partial charge is 0.550 e. The van der Waals surface area contributed by atoms with E-state index in [4.69, 9.17) is 4.74 Å². The predicted molar refractivity (Wildman–Crippen MR) is 108 cm³/mol. The second-order valence-electron chi connectivity index (χ2n) is 7.31.